The summed E-state index contributed by atoms with van der Waals surface area (Å²) in [5, 5.41) is 0. The van der Waals surface area contributed by atoms with Crippen LogP contribution in [0.4, 0.5) is 0 Å². The number of aromatic amines is 1. The largest absolute Gasteiger partial charge is 0.328 e. The Bertz CT molecular complexity index is 452. The molecule has 6 heteroatoms. The van der Waals surface area contributed by atoms with E-state index >= 15 is 0 Å². The van der Waals surface area contributed by atoms with Gasteiger partial charge in [0.25, 0.3) is 5.56 Å². The SMILES string of the molecule is CCC(C)n1c(=O)[nH]c(C)c(Br)c1=O.[Zn]. The molecule has 0 radical (unpaired) electrons. The molecular formula is C9H13BrN2O2Zn. The molecule has 1 N–H and O–H groups in total. The molecule has 0 spiro atoms. The van der Waals surface area contributed by atoms with Crippen molar-refractivity contribution in [1.82, 2.24) is 9.55 Å². The first kappa shape index (κ1) is 14.8. The first-order valence-electron chi connectivity index (χ1n) is 4.50. The van der Waals surface area contributed by atoms with E-state index in [1.165, 1.54) is 4.57 Å². The molecule has 1 heterocycles. The van der Waals surface area contributed by atoms with Crippen molar-refractivity contribution in [1.29, 1.82) is 0 Å². The van der Waals surface area contributed by atoms with Crippen LogP contribution in [0, 0.1) is 6.92 Å². The maximum Gasteiger partial charge on any atom is 0.328 e. The molecule has 1 aromatic heterocycles. The van der Waals surface area contributed by atoms with Gasteiger partial charge in [-0.1, -0.05) is 6.92 Å². The van der Waals surface area contributed by atoms with Crippen LogP contribution in [0.25, 0.3) is 0 Å². The fourth-order valence-corrected chi connectivity index (χ4v) is 1.51. The second-order valence-electron chi connectivity index (χ2n) is 3.30. The van der Waals surface area contributed by atoms with E-state index in [1.54, 1.807) is 6.92 Å². The Balaban J connectivity index is 0.00000196. The van der Waals surface area contributed by atoms with Crippen LogP contribution >= 0.6 is 15.9 Å². The molecule has 0 aliphatic heterocycles. The molecule has 0 amide bonds. The van der Waals surface area contributed by atoms with Crippen LogP contribution < -0.4 is 11.2 Å². The number of nitrogens with zero attached hydrogens (tertiary/aromatic N) is 1. The molecular weight excluding hydrogens is 313 g/mol. The Kier molecular flexibility index (Phi) is 5.67. The Labute approximate surface area is 109 Å². The molecule has 0 fully saturated rings. The van der Waals surface area contributed by atoms with Crippen LogP contribution in [0.15, 0.2) is 14.1 Å². The van der Waals surface area contributed by atoms with Crippen molar-refractivity contribution in [2.24, 2.45) is 0 Å². The summed E-state index contributed by atoms with van der Waals surface area (Å²) in [7, 11) is 0. The molecule has 0 saturated carbocycles. The van der Waals surface area contributed by atoms with Gasteiger partial charge in [-0.25, -0.2) is 4.79 Å². The number of hydrogen-bond donors (Lipinski definition) is 1. The van der Waals surface area contributed by atoms with E-state index in [1.807, 2.05) is 13.8 Å². The van der Waals surface area contributed by atoms with Gasteiger partial charge in [-0.2, -0.15) is 0 Å². The predicted octanol–water partition coefficient (Wildman–Crippen LogP) is 1.58. The first-order chi connectivity index (χ1) is 6.49. The molecule has 0 aromatic carbocycles. The monoisotopic (exact) mass is 324 g/mol. The van der Waals surface area contributed by atoms with E-state index in [-0.39, 0.29) is 36.8 Å². The molecule has 15 heavy (non-hydrogen) atoms. The summed E-state index contributed by atoms with van der Waals surface area (Å²) in [4.78, 5) is 25.8. The van der Waals surface area contributed by atoms with Gasteiger partial charge >= 0.3 is 5.69 Å². The molecule has 1 unspecified atom stereocenters. The van der Waals surface area contributed by atoms with Crippen molar-refractivity contribution in [3.63, 3.8) is 0 Å². The van der Waals surface area contributed by atoms with Crippen molar-refractivity contribution in [2.75, 3.05) is 0 Å². The zero-order valence-electron chi connectivity index (χ0n) is 9.13. The smallest absolute Gasteiger partial charge is 0.310 e. The van der Waals surface area contributed by atoms with E-state index in [0.717, 1.165) is 6.42 Å². The van der Waals surface area contributed by atoms with Gasteiger partial charge < -0.3 is 4.98 Å². The minimum Gasteiger partial charge on any atom is -0.310 e. The van der Waals surface area contributed by atoms with Gasteiger partial charge in [-0.05, 0) is 36.2 Å². The maximum atomic E-state index is 11.7. The van der Waals surface area contributed by atoms with E-state index in [0.29, 0.717) is 10.2 Å². The zero-order chi connectivity index (χ0) is 10.9. The van der Waals surface area contributed by atoms with Crippen molar-refractivity contribution in [2.45, 2.75) is 33.2 Å². The Hall–Kier alpha value is -0.217. The quantitative estimate of drug-likeness (QED) is 0.839. The fourth-order valence-electron chi connectivity index (χ4n) is 1.22. The number of hydrogen-bond acceptors (Lipinski definition) is 2. The summed E-state index contributed by atoms with van der Waals surface area (Å²) in [5.41, 5.74) is -0.0368. The predicted molar refractivity (Wildman–Crippen MR) is 58.8 cm³/mol. The molecule has 0 bridgehead atoms. The van der Waals surface area contributed by atoms with Crippen LogP contribution in [0.3, 0.4) is 0 Å². The Morgan fingerprint density at radius 2 is 2.00 bits per heavy atom. The third kappa shape index (κ3) is 2.88. The number of halogens is 1. The van der Waals surface area contributed by atoms with Gasteiger partial charge in [-0.3, -0.25) is 9.36 Å². The topological polar surface area (TPSA) is 54.9 Å². The number of aryl methyl sites for hydroxylation is 1. The standard InChI is InChI=1S/C9H13BrN2O2.Zn/c1-4-5(2)12-8(13)7(10)6(3)11-9(12)14;/h5H,4H2,1-3H3,(H,11,14);. The van der Waals surface area contributed by atoms with Gasteiger partial charge in [0.15, 0.2) is 0 Å². The maximum absolute atomic E-state index is 11.7. The average molecular weight is 327 g/mol. The Morgan fingerprint density at radius 1 is 1.47 bits per heavy atom. The molecule has 1 aromatic rings. The van der Waals surface area contributed by atoms with E-state index in [4.69, 9.17) is 0 Å². The van der Waals surface area contributed by atoms with Crippen molar-refractivity contribution < 1.29 is 19.5 Å². The van der Waals surface area contributed by atoms with E-state index in [9.17, 15) is 9.59 Å². The van der Waals surface area contributed by atoms with E-state index < -0.39 is 0 Å². The first-order valence-corrected chi connectivity index (χ1v) is 5.29. The third-order valence-corrected chi connectivity index (χ3v) is 3.21. The third-order valence-electron chi connectivity index (χ3n) is 2.28. The van der Waals surface area contributed by atoms with Crippen LogP contribution in [0.1, 0.15) is 32.0 Å². The molecule has 0 saturated heterocycles. The summed E-state index contributed by atoms with van der Waals surface area (Å²) in [6.07, 6.45) is 0.748. The van der Waals surface area contributed by atoms with Gasteiger partial charge in [0.1, 0.15) is 4.47 Å². The van der Waals surface area contributed by atoms with Gasteiger partial charge in [0.05, 0.1) is 0 Å². The zero-order valence-corrected chi connectivity index (χ0v) is 13.7. The number of nitrogens with one attached hydrogen (secondary N) is 1. The van der Waals surface area contributed by atoms with Gasteiger partial charge in [0.2, 0.25) is 0 Å². The van der Waals surface area contributed by atoms with Crippen LogP contribution in [-0.2, 0) is 19.5 Å². The fraction of sp³-hybridized carbons (Fsp3) is 0.556. The number of rotatable bonds is 2. The summed E-state index contributed by atoms with van der Waals surface area (Å²) in [6, 6.07) is -0.0804. The molecule has 0 aliphatic rings. The van der Waals surface area contributed by atoms with Crippen molar-refractivity contribution in [3.05, 3.63) is 31.0 Å². The molecule has 4 nitrogen and oxygen atoms in total. The minimum atomic E-state index is -0.343. The van der Waals surface area contributed by atoms with Crippen LogP contribution in [-0.4, -0.2) is 9.55 Å². The summed E-state index contributed by atoms with van der Waals surface area (Å²) >= 11 is 3.16. The van der Waals surface area contributed by atoms with Gasteiger partial charge in [-0.15, -0.1) is 0 Å². The molecule has 1 atom stereocenters. The average Bonchev–Trinajstić information content (AvgIpc) is 2.14. The second-order valence-corrected chi connectivity index (χ2v) is 4.09. The summed E-state index contributed by atoms with van der Waals surface area (Å²) in [6.45, 7) is 5.47. The molecule has 80 valence electrons. The Morgan fingerprint density at radius 3 is 2.47 bits per heavy atom. The second kappa shape index (κ2) is 5.76. The number of aromatic nitrogens is 2. The van der Waals surface area contributed by atoms with E-state index in [2.05, 4.69) is 20.9 Å². The van der Waals surface area contributed by atoms with Crippen molar-refractivity contribution in [3.8, 4) is 0 Å². The minimum absolute atomic E-state index is 0. The van der Waals surface area contributed by atoms with Gasteiger partial charge in [0, 0.05) is 31.2 Å². The number of H-pyrrole nitrogens is 1. The molecule has 1 rings (SSSR count). The van der Waals surface area contributed by atoms with Crippen molar-refractivity contribution >= 4 is 15.9 Å². The summed E-state index contributed by atoms with van der Waals surface area (Å²) in [5.74, 6) is 0. The molecule has 0 aliphatic carbocycles. The van der Waals surface area contributed by atoms with Crippen LogP contribution in [0.5, 0.6) is 0 Å². The normalized spacial score (nSPS) is 12.0. The summed E-state index contributed by atoms with van der Waals surface area (Å²) < 4.78 is 1.66. The van der Waals surface area contributed by atoms with Crippen LogP contribution in [0.2, 0.25) is 0 Å².